The van der Waals surface area contributed by atoms with E-state index in [0.29, 0.717) is 0 Å². The summed E-state index contributed by atoms with van der Waals surface area (Å²) < 4.78 is 0. The highest BCUT2D eigenvalue weighted by molar-refractivity contribution is 5.99. The highest BCUT2D eigenvalue weighted by Crippen LogP contribution is 2.60. The van der Waals surface area contributed by atoms with Gasteiger partial charge < -0.3 is 4.90 Å². The zero-order valence-electron chi connectivity index (χ0n) is 37.9. The van der Waals surface area contributed by atoms with Gasteiger partial charge >= 0.3 is 0 Å². The molecule has 2 aliphatic rings. The fourth-order valence-electron chi connectivity index (χ4n) is 11.9. The van der Waals surface area contributed by atoms with Gasteiger partial charge in [-0.2, -0.15) is 0 Å². The summed E-state index contributed by atoms with van der Waals surface area (Å²) in [6.45, 7) is 2.39. The van der Waals surface area contributed by atoms with Gasteiger partial charge in [0.05, 0.1) is 11.1 Å². The van der Waals surface area contributed by atoms with E-state index in [1.165, 1.54) is 94.2 Å². The zero-order chi connectivity index (χ0) is 45.2. The molecule has 0 bridgehead atoms. The van der Waals surface area contributed by atoms with E-state index in [1.54, 1.807) is 0 Å². The van der Waals surface area contributed by atoms with Gasteiger partial charge in [0.25, 0.3) is 0 Å². The molecule has 0 fully saturated rings. The van der Waals surface area contributed by atoms with Gasteiger partial charge in [-0.15, -0.1) is 0 Å². The number of fused-ring (bicyclic) bond motifs is 7. The van der Waals surface area contributed by atoms with Crippen molar-refractivity contribution in [1.29, 1.82) is 0 Å². The highest BCUT2D eigenvalue weighted by atomic mass is 15.1. The molecule has 1 unspecified atom stereocenters. The van der Waals surface area contributed by atoms with Gasteiger partial charge in [0.15, 0.2) is 0 Å². The molecular formula is C67H47N. The molecule has 13 rings (SSSR count). The fourth-order valence-corrected chi connectivity index (χ4v) is 11.9. The van der Waals surface area contributed by atoms with Gasteiger partial charge in [-0.25, -0.2) is 0 Å². The van der Waals surface area contributed by atoms with E-state index in [9.17, 15) is 0 Å². The molecule has 68 heavy (non-hydrogen) atoms. The Morgan fingerprint density at radius 3 is 1.49 bits per heavy atom. The quantitative estimate of drug-likeness (QED) is 0.147. The van der Waals surface area contributed by atoms with Crippen LogP contribution in [0.1, 0.15) is 45.9 Å². The molecule has 0 aromatic heterocycles. The standard InChI is InChI=1S/C67H47N/c1-66(50-21-5-2-6-22-50)60-31-15-13-28-57(60)58-44-39-49(45-63(58)66)46-35-40-53(41-36-46)68(54-42-37-48(38-43-54)56-30-17-20-47-19-11-12-27-55(47)56)64-34-18-33-62-65(64)59-29-14-16-32-61(59)67(62,51-23-7-3-8-24-51)52-25-9-4-10-26-52/h2-45H,1H3. The molecule has 0 amide bonds. The van der Waals surface area contributed by atoms with E-state index < -0.39 is 5.41 Å². The summed E-state index contributed by atoms with van der Waals surface area (Å²) in [5, 5.41) is 2.50. The summed E-state index contributed by atoms with van der Waals surface area (Å²) in [6.07, 6.45) is 0. The molecule has 11 aromatic carbocycles. The van der Waals surface area contributed by atoms with Crippen molar-refractivity contribution in [3.63, 3.8) is 0 Å². The van der Waals surface area contributed by atoms with Crippen LogP contribution in [0, 0.1) is 0 Å². The Balaban J connectivity index is 0.988. The van der Waals surface area contributed by atoms with Crippen molar-refractivity contribution < 1.29 is 0 Å². The van der Waals surface area contributed by atoms with E-state index >= 15 is 0 Å². The lowest BCUT2D eigenvalue weighted by molar-refractivity contribution is 0.714. The highest BCUT2D eigenvalue weighted by Gasteiger charge is 2.47. The Labute approximate surface area is 398 Å². The first-order valence-corrected chi connectivity index (χ1v) is 23.8. The fraction of sp³-hybridized carbons (Fsp3) is 0.0448. The van der Waals surface area contributed by atoms with E-state index in [-0.39, 0.29) is 5.41 Å². The van der Waals surface area contributed by atoms with Crippen LogP contribution in [0.3, 0.4) is 0 Å². The Morgan fingerprint density at radius 1 is 0.309 bits per heavy atom. The molecule has 11 aromatic rings. The van der Waals surface area contributed by atoms with E-state index in [2.05, 4.69) is 279 Å². The molecule has 1 nitrogen and oxygen atoms in total. The molecular weight excluding hydrogens is 819 g/mol. The second kappa shape index (κ2) is 15.8. The van der Waals surface area contributed by atoms with Gasteiger partial charge in [-0.05, 0) is 132 Å². The topological polar surface area (TPSA) is 3.24 Å². The number of nitrogens with zero attached hydrogens (tertiary/aromatic N) is 1. The van der Waals surface area contributed by atoms with Crippen LogP contribution in [0.2, 0.25) is 0 Å². The molecule has 0 saturated heterocycles. The van der Waals surface area contributed by atoms with Gasteiger partial charge in [0, 0.05) is 22.4 Å². The van der Waals surface area contributed by atoms with Crippen molar-refractivity contribution in [1.82, 2.24) is 0 Å². The second-order valence-corrected chi connectivity index (χ2v) is 18.5. The first-order chi connectivity index (χ1) is 33.6. The molecule has 1 heteroatoms. The van der Waals surface area contributed by atoms with E-state index in [4.69, 9.17) is 0 Å². The van der Waals surface area contributed by atoms with Gasteiger partial charge in [0.1, 0.15) is 0 Å². The van der Waals surface area contributed by atoms with Crippen LogP contribution in [0.4, 0.5) is 17.1 Å². The van der Waals surface area contributed by atoms with Crippen molar-refractivity contribution in [3.8, 4) is 44.5 Å². The number of hydrogen-bond acceptors (Lipinski definition) is 1. The molecule has 0 spiro atoms. The molecule has 0 radical (unpaired) electrons. The first kappa shape index (κ1) is 39.8. The second-order valence-electron chi connectivity index (χ2n) is 18.5. The smallest absolute Gasteiger partial charge is 0.0714 e. The minimum atomic E-state index is -0.514. The average molecular weight is 866 g/mol. The maximum Gasteiger partial charge on any atom is 0.0714 e. The summed E-state index contributed by atoms with van der Waals surface area (Å²) in [5.74, 6) is 0. The normalized spacial score (nSPS) is 15.0. The van der Waals surface area contributed by atoms with Gasteiger partial charge in [0.2, 0.25) is 0 Å². The third-order valence-electron chi connectivity index (χ3n) is 15.1. The van der Waals surface area contributed by atoms with Crippen LogP contribution in [0.25, 0.3) is 55.3 Å². The molecule has 0 heterocycles. The third kappa shape index (κ3) is 5.95. The number of rotatable bonds is 8. The molecule has 0 saturated carbocycles. The van der Waals surface area contributed by atoms with Gasteiger partial charge in [-0.3, -0.25) is 0 Å². The monoisotopic (exact) mass is 865 g/mol. The lowest BCUT2D eigenvalue weighted by atomic mass is 9.68. The molecule has 1 atom stereocenters. The Hall–Kier alpha value is -8.52. The van der Waals surface area contributed by atoms with Crippen LogP contribution in [-0.2, 0) is 10.8 Å². The molecule has 0 aliphatic heterocycles. The minimum Gasteiger partial charge on any atom is -0.310 e. The largest absolute Gasteiger partial charge is 0.310 e. The SMILES string of the molecule is CC1(c2ccccc2)c2ccccc2-c2ccc(-c3ccc(N(c4ccc(-c5cccc6ccccc56)cc4)c4cccc5c4-c4ccccc4C5(c4ccccc4)c4ccccc4)cc3)cc21. The first-order valence-electron chi connectivity index (χ1n) is 23.8. The average Bonchev–Trinajstić information content (AvgIpc) is 3.87. The Morgan fingerprint density at radius 2 is 0.794 bits per heavy atom. The zero-order valence-corrected chi connectivity index (χ0v) is 37.9. The lowest BCUT2D eigenvalue weighted by Crippen LogP contribution is -2.28. The summed E-state index contributed by atoms with van der Waals surface area (Å²) in [7, 11) is 0. The van der Waals surface area contributed by atoms with Crippen LogP contribution < -0.4 is 4.90 Å². The molecule has 2 aliphatic carbocycles. The maximum atomic E-state index is 2.48. The summed E-state index contributed by atoms with van der Waals surface area (Å²) in [5.41, 5.74) is 21.6. The number of anilines is 3. The van der Waals surface area contributed by atoms with Crippen LogP contribution >= 0.6 is 0 Å². The molecule has 320 valence electrons. The van der Waals surface area contributed by atoms with Crippen molar-refractivity contribution in [2.75, 3.05) is 4.90 Å². The van der Waals surface area contributed by atoms with E-state index in [0.717, 1.165) is 17.1 Å². The summed E-state index contributed by atoms with van der Waals surface area (Å²) >= 11 is 0. The van der Waals surface area contributed by atoms with Crippen molar-refractivity contribution in [3.05, 3.63) is 306 Å². The summed E-state index contributed by atoms with van der Waals surface area (Å²) in [6, 6.07) is 98.9. The van der Waals surface area contributed by atoms with Crippen LogP contribution in [0.15, 0.2) is 267 Å². The minimum absolute atomic E-state index is 0.267. The number of hydrogen-bond donors (Lipinski definition) is 0. The number of benzene rings is 11. The maximum absolute atomic E-state index is 2.48. The van der Waals surface area contributed by atoms with Crippen molar-refractivity contribution in [2.45, 2.75) is 17.8 Å². The van der Waals surface area contributed by atoms with Crippen molar-refractivity contribution in [2.24, 2.45) is 0 Å². The summed E-state index contributed by atoms with van der Waals surface area (Å²) in [4.78, 5) is 2.48. The molecule has 0 N–H and O–H groups in total. The van der Waals surface area contributed by atoms with Crippen molar-refractivity contribution >= 4 is 27.8 Å². The van der Waals surface area contributed by atoms with Crippen LogP contribution in [0.5, 0.6) is 0 Å². The predicted molar refractivity (Wildman–Crippen MR) is 284 cm³/mol. The van der Waals surface area contributed by atoms with E-state index in [1.807, 2.05) is 0 Å². The predicted octanol–water partition coefficient (Wildman–Crippen LogP) is 17.3. The van der Waals surface area contributed by atoms with Gasteiger partial charge in [-0.1, -0.05) is 231 Å². The lowest BCUT2D eigenvalue weighted by Gasteiger charge is -2.34. The third-order valence-corrected chi connectivity index (χ3v) is 15.1. The van der Waals surface area contributed by atoms with Crippen LogP contribution in [-0.4, -0.2) is 0 Å². The Bertz CT molecular complexity index is 3620. The Kier molecular flexibility index (Phi) is 9.27.